The molecular weight excluding hydrogens is 254 g/mol. The summed E-state index contributed by atoms with van der Waals surface area (Å²) in [6, 6.07) is 2.52. The van der Waals surface area contributed by atoms with Gasteiger partial charge in [-0.05, 0) is 51.4 Å². The van der Waals surface area contributed by atoms with Gasteiger partial charge in [0.15, 0.2) is 0 Å². The maximum Gasteiger partial charge on any atom is 0.237 e. The van der Waals surface area contributed by atoms with Crippen LogP contribution < -0.4 is 10.6 Å². The largest absolute Gasteiger partial charge is 0.349 e. The van der Waals surface area contributed by atoms with Gasteiger partial charge in [-0.3, -0.25) is 14.8 Å². The molecular formula is C14H23N5O. The Balaban J connectivity index is 1.55. The molecule has 0 radical (unpaired) electrons. The van der Waals surface area contributed by atoms with Crippen LogP contribution in [-0.4, -0.2) is 52.7 Å². The van der Waals surface area contributed by atoms with Crippen molar-refractivity contribution in [3.63, 3.8) is 0 Å². The molecule has 1 amide bonds. The number of aromatic nitrogens is 2. The van der Waals surface area contributed by atoms with E-state index in [1.165, 1.54) is 0 Å². The molecule has 0 aliphatic carbocycles. The Morgan fingerprint density at radius 3 is 3.00 bits per heavy atom. The number of H-pyrrole nitrogens is 1. The second-order valence-corrected chi connectivity index (χ2v) is 5.68. The maximum absolute atomic E-state index is 12.4. The van der Waals surface area contributed by atoms with Crippen molar-refractivity contribution < 1.29 is 4.79 Å². The molecule has 1 aromatic heterocycles. The lowest BCUT2D eigenvalue weighted by atomic mass is 10.0. The van der Waals surface area contributed by atoms with Gasteiger partial charge in [0.25, 0.3) is 0 Å². The Bertz CT molecular complexity index is 427. The zero-order valence-corrected chi connectivity index (χ0v) is 11.8. The van der Waals surface area contributed by atoms with E-state index in [1.807, 2.05) is 6.07 Å². The Hall–Kier alpha value is -1.40. The first-order valence-electron chi connectivity index (χ1n) is 7.57. The SMILES string of the molecule is O=C(NCc1ccn[nH]1)C1CCCN1C1CCNCC1. The van der Waals surface area contributed by atoms with Gasteiger partial charge in [-0.2, -0.15) is 5.10 Å². The number of nitrogens with one attached hydrogen (secondary N) is 3. The summed E-state index contributed by atoms with van der Waals surface area (Å²) >= 11 is 0. The van der Waals surface area contributed by atoms with Crippen LogP contribution in [0.4, 0.5) is 0 Å². The Morgan fingerprint density at radius 1 is 1.40 bits per heavy atom. The smallest absolute Gasteiger partial charge is 0.237 e. The first-order chi connectivity index (χ1) is 9.84. The molecule has 3 rings (SSSR count). The molecule has 20 heavy (non-hydrogen) atoms. The van der Waals surface area contributed by atoms with Gasteiger partial charge in [-0.1, -0.05) is 0 Å². The normalized spacial score (nSPS) is 24.9. The third kappa shape index (κ3) is 3.02. The summed E-state index contributed by atoms with van der Waals surface area (Å²) in [5, 5.41) is 13.2. The van der Waals surface area contributed by atoms with E-state index in [1.54, 1.807) is 6.20 Å². The highest BCUT2D eigenvalue weighted by molar-refractivity contribution is 5.82. The van der Waals surface area contributed by atoms with Crippen LogP contribution in [0.15, 0.2) is 12.3 Å². The zero-order chi connectivity index (χ0) is 13.8. The third-order valence-corrected chi connectivity index (χ3v) is 4.39. The molecule has 1 atom stereocenters. The van der Waals surface area contributed by atoms with Crippen LogP contribution in [0, 0.1) is 0 Å². The number of piperidine rings is 1. The highest BCUT2D eigenvalue weighted by Gasteiger charge is 2.35. The number of carbonyl (C=O) groups is 1. The average molecular weight is 277 g/mol. The van der Waals surface area contributed by atoms with Crippen LogP contribution >= 0.6 is 0 Å². The lowest BCUT2D eigenvalue weighted by molar-refractivity contribution is -0.126. The molecule has 1 unspecified atom stereocenters. The second-order valence-electron chi connectivity index (χ2n) is 5.68. The number of carbonyl (C=O) groups excluding carboxylic acids is 1. The fourth-order valence-electron chi connectivity index (χ4n) is 3.33. The summed E-state index contributed by atoms with van der Waals surface area (Å²) < 4.78 is 0. The Kier molecular flexibility index (Phi) is 4.32. The minimum atomic E-state index is 0.0565. The van der Waals surface area contributed by atoms with Crippen molar-refractivity contribution in [2.45, 2.75) is 44.3 Å². The number of hydrogen-bond donors (Lipinski definition) is 3. The monoisotopic (exact) mass is 277 g/mol. The van der Waals surface area contributed by atoms with Crippen molar-refractivity contribution in [1.82, 2.24) is 25.7 Å². The summed E-state index contributed by atoms with van der Waals surface area (Å²) in [7, 11) is 0. The summed E-state index contributed by atoms with van der Waals surface area (Å²) in [6.07, 6.45) is 6.14. The number of amides is 1. The van der Waals surface area contributed by atoms with Crippen molar-refractivity contribution in [3.05, 3.63) is 18.0 Å². The molecule has 0 spiro atoms. The van der Waals surface area contributed by atoms with Gasteiger partial charge in [0.05, 0.1) is 18.3 Å². The Morgan fingerprint density at radius 2 is 2.25 bits per heavy atom. The minimum absolute atomic E-state index is 0.0565. The number of likely N-dealkylation sites (tertiary alicyclic amines) is 1. The van der Waals surface area contributed by atoms with E-state index in [0.717, 1.165) is 51.0 Å². The topological polar surface area (TPSA) is 73.0 Å². The summed E-state index contributed by atoms with van der Waals surface area (Å²) in [5.74, 6) is 0.163. The third-order valence-electron chi connectivity index (χ3n) is 4.39. The van der Waals surface area contributed by atoms with Crippen molar-refractivity contribution in [2.75, 3.05) is 19.6 Å². The fraction of sp³-hybridized carbons (Fsp3) is 0.714. The summed E-state index contributed by atoms with van der Waals surface area (Å²) in [6.45, 7) is 3.75. The molecule has 0 aromatic carbocycles. The van der Waals surface area contributed by atoms with Crippen LogP contribution in [0.3, 0.4) is 0 Å². The highest BCUT2D eigenvalue weighted by atomic mass is 16.2. The predicted octanol–water partition coefficient (Wildman–Crippen LogP) is 0.242. The molecule has 2 saturated heterocycles. The van der Waals surface area contributed by atoms with Crippen LogP contribution in [0.1, 0.15) is 31.4 Å². The molecule has 2 aliphatic rings. The lowest BCUT2D eigenvalue weighted by Gasteiger charge is -2.35. The first-order valence-corrected chi connectivity index (χ1v) is 7.57. The molecule has 3 N–H and O–H groups in total. The lowest BCUT2D eigenvalue weighted by Crippen LogP contribution is -2.50. The quantitative estimate of drug-likeness (QED) is 0.737. The second kappa shape index (κ2) is 6.37. The van der Waals surface area contributed by atoms with Crippen LogP contribution in [-0.2, 0) is 11.3 Å². The summed E-state index contributed by atoms with van der Waals surface area (Å²) in [5.41, 5.74) is 0.949. The van der Waals surface area contributed by atoms with E-state index in [2.05, 4.69) is 25.7 Å². The van der Waals surface area contributed by atoms with Gasteiger partial charge in [0.2, 0.25) is 5.91 Å². The summed E-state index contributed by atoms with van der Waals surface area (Å²) in [4.78, 5) is 14.8. The van der Waals surface area contributed by atoms with E-state index in [4.69, 9.17) is 0 Å². The van der Waals surface area contributed by atoms with E-state index in [-0.39, 0.29) is 11.9 Å². The minimum Gasteiger partial charge on any atom is -0.349 e. The highest BCUT2D eigenvalue weighted by Crippen LogP contribution is 2.24. The van der Waals surface area contributed by atoms with Crippen molar-refractivity contribution >= 4 is 5.91 Å². The van der Waals surface area contributed by atoms with Crippen LogP contribution in [0.2, 0.25) is 0 Å². The van der Waals surface area contributed by atoms with Crippen molar-refractivity contribution in [3.8, 4) is 0 Å². The van der Waals surface area contributed by atoms with E-state index < -0.39 is 0 Å². The number of hydrogen-bond acceptors (Lipinski definition) is 4. The van der Waals surface area contributed by atoms with Gasteiger partial charge in [-0.25, -0.2) is 0 Å². The molecule has 6 nitrogen and oxygen atoms in total. The molecule has 6 heteroatoms. The van der Waals surface area contributed by atoms with Crippen LogP contribution in [0.25, 0.3) is 0 Å². The van der Waals surface area contributed by atoms with Gasteiger partial charge in [-0.15, -0.1) is 0 Å². The predicted molar refractivity (Wildman–Crippen MR) is 76.1 cm³/mol. The zero-order valence-electron chi connectivity index (χ0n) is 11.8. The maximum atomic E-state index is 12.4. The molecule has 110 valence electrons. The molecule has 2 aliphatic heterocycles. The number of aromatic amines is 1. The molecule has 3 heterocycles. The number of rotatable bonds is 4. The molecule has 1 aromatic rings. The Labute approximate surface area is 119 Å². The number of nitrogens with zero attached hydrogens (tertiary/aromatic N) is 2. The average Bonchev–Trinajstić information content (AvgIpc) is 3.17. The van der Waals surface area contributed by atoms with Gasteiger partial charge in [0.1, 0.15) is 0 Å². The van der Waals surface area contributed by atoms with Gasteiger partial charge in [0, 0.05) is 12.2 Å². The van der Waals surface area contributed by atoms with E-state index in [9.17, 15) is 4.79 Å². The standard InChI is InChI=1S/C14H23N5O/c20-14(16-10-11-3-8-17-18-11)13-2-1-9-19(13)12-4-6-15-7-5-12/h3,8,12-13,15H,1-2,4-7,9-10H2,(H,16,20)(H,17,18). The van der Waals surface area contributed by atoms with Gasteiger partial charge >= 0.3 is 0 Å². The fourth-order valence-corrected chi connectivity index (χ4v) is 3.33. The van der Waals surface area contributed by atoms with Crippen molar-refractivity contribution in [2.24, 2.45) is 0 Å². The first kappa shape index (κ1) is 13.6. The molecule has 0 bridgehead atoms. The molecule has 0 saturated carbocycles. The van der Waals surface area contributed by atoms with E-state index >= 15 is 0 Å². The molecule has 2 fully saturated rings. The van der Waals surface area contributed by atoms with Gasteiger partial charge < -0.3 is 10.6 Å². The van der Waals surface area contributed by atoms with Crippen LogP contribution in [0.5, 0.6) is 0 Å². The van der Waals surface area contributed by atoms with Crippen molar-refractivity contribution in [1.29, 1.82) is 0 Å². The van der Waals surface area contributed by atoms with E-state index in [0.29, 0.717) is 12.6 Å².